The van der Waals surface area contributed by atoms with E-state index in [1.54, 1.807) is 0 Å². The molecule has 0 saturated carbocycles. The summed E-state index contributed by atoms with van der Waals surface area (Å²) in [6, 6.07) is 0.546. The molecule has 22 heavy (non-hydrogen) atoms. The summed E-state index contributed by atoms with van der Waals surface area (Å²) in [5, 5.41) is 12.0. The number of carbonyl (C=O) groups excluding carboxylic acids is 2. The van der Waals surface area contributed by atoms with Crippen molar-refractivity contribution < 1.29 is 9.59 Å². The van der Waals surface area contributed by atoms with Crippen molar-refractivity contribution in [3.8, 4) is 0 Å². The number of carbonyl (C=O) groups is 2. The monoisotopic (exact) mass is 324 g/mol. The number of nitrogens with one attached hydrogen (secondary N) is 1. The Hall–Kier alpha value is -1.50. The zero-order chi connectivity index (χ0) is 16.1. The molecule has 2 amide bonds. The van der Waals surface area contributed by atoms with Gasteiger partial charge in [0.05, 0.1) is 0 Å². The van der Waals surface area contributed by atoms with Crippen LogP contribution in [0.25, 0.3) is 0 Å². The summed E-state index contributed by atoms with van der Waals surface area (Å²) in [4.78, 5) is 26.2. The molecule has 1 aliphatic heterocycles. The van der Waals surface area contributed by atoms with Crippen LogP contribution in [0, 0.1) is 0 Å². The lowest BCUT2D eigenvalue weighted by Crippen LogP contribution is -2.47. The van der Waals surface area contributed by atoms with Crippen molar-refractivity contribution in [2.24, 2.45) is 0 Å². The number of piperidine rings is 1. The second-order valence-electron chi connectivity index (χ2n) is 5.83. The molecule has 0 spiro atoms. The van der Waals surface area contributed by atoms with Crippen LogP contribution in [0.3, 0.4) is 0 Å². The average molecular weight is 324 g/mol. The van der Waals surface area contributed by atoms with Crippen molar-refractivity contribution in [2.45, 2.75) is 71.4 Å². The van der Waals surface area contributed by atoms with Crippen LogP contribution in [0.15, 0.2) is 0 Å². The number of aromatic nitrogens is 2. The van der Waals surface area contributed by atoms with Gasteiger partial charge in [0.1, 0.15) is 5.01 Å². The summed E-state index contributed by atoms with van der Waals surface area (Å²) >= 11 is 1.37. The second kappa shape index (κ2) is 7.67. The van der Waals surface area contributed by atoms with Crippen LogP contribution in [0.1, 0.15) is 57.9 Å². The normalized spacial score (nSPS) is 21.7. The van der Waals surface area contributed by atoms with Crippen LogP contribution in [-0.4, -0.2) is 39.0 Å². The fraction of sp³-hybridized carbons (Fsp3) is 0.733. The number of amides is 2. The molecule has 7 heteroatoms. The van der Waals surface area contributed by atoms with Crippen LogP contribution < -0.4 is 5.32 Å². The number of likely N-dealkylation sites (tertiary alicyclic amines) is 1. The Morgan fingerprint density at radius 1 is 1.23 bits per heavy atom. The van der Waals surface area contributed by atoms with Gasteiger partial charge in [0.2, 0.25) is 16.9 Å². The summed E-state index contributed by atoms with van der Waals surface area (Å²) in [5.74, 6) is -0.106. The van der Waals surface area contributed by atoms with Crippen molar-refractivity contribution in [3.63, 3.8) is 0 Å². The van der Waals surface area contributed by atoms with Gasteiger partial charge in [-0.15, -0.1) is 10.2 Å². The van der Waals surface area contributed by atoms with Gasteiger partial charge >= 0.3 is 0 Å². The van der Waals surface area contributed by atoms with E-state index in [2.05, 4.69) is 29.4 Å². The molecule has 2 atom stereocenters. The quantitative estimate of drug-likeness (QED) is 0.903. The maximum absolute atomic E-state index is 12.3. The van der Waals surface area contributed by atoms with Gasteiger partial charge < -0.3 is 10.2 Å². The largest absolute Gasteiger partial charge is 0.337 e. The molecule has 1 aliphatic rings. The highest BCUT2D eigenvalue weighted by atomic mass is 32.1. The van der Waals surface area contributed by atoms with E-state index in [9.17, 15) is 9.59 Å². The number of anilines is 1. The molecule has 1 aromatic rings. The van der Waals surface area contributed by atoms with Gasteiger partial charge in [-0.05, 0) is 39.5 Å². The van der Waals surface area contributed by atoms with Crippen molar-refractivity contribution in [2.75, 3.05) is 5.32 Å². The van der Waals surface area contributed by atoms with Gasteiger partial charge in [-0.25, -0.2) is 0 Å². The molecule has 1 saturated heterocycles. The first-order valence-corrected chi connectivity index (χ1v) is 8.76. The highest BCUT2D eigenvalue weighted by Gasteiger charge is 2.28. The van der Waals surface area contributed by atoms with E-state index in [-0.39, 0.29) is 36.7 Å². The molecule has 0 aromatic carbocycles. The number of hydrogen-bond donors (Lipinski definition) is 1. The Morgan fingerprint density at radius 2 is 1.91 bits per heavy atom. The molecule has 0 aliphatic carbocycles. The smallest absolute Gasteiger partial charge is 0.226 e. The number of nitrogens with zero attached hydrogens (tertiary/aromatic N) is 3. The third-order valence-electron chi connectivity index (χ3n) is 4.06. The average Bonchev–Trinajstić information content (AvgIpc) is 2.92. The summed E-state index contributed by atoms with van der Waals surface area (Å²) in [6.07, 6.45) is 4.51. The Labute approximate surface area is 135 Å². The predicted octanol–water partition coefficient (Wildman–Crippen LogP) is 2.61. The molecule has 2 heterocycles. The lowest BCUT2D eigenvalue weighted by Gasteiger charge is -2.39. The van der Waals surface area contributed by atoms with Gasteiger partial charge in [0, 0.05) is 24.9 Å². The summed E-state index contributed by atoms with van der Waals surface area (Å²) in [5.41, 5.74) is 0. The van der Waals surface area contributed by atoms with Crippen molar-refractivity contribution in [3.05, 3.63) is 5.01 Å². The summed E-state index contributed by atoms with van der Waals surface area (Å²) in [7, 11) is 0. The molecule has 1 aromatic heterocycles. The summed E-state index contributed by atoms with van der Waals surface area (Å²) < 4.78 is 0. The molecule has 1 fully saturated rings. The number of hydrogen-bond acceptors (Lipinski definition) is 5. The van der Waals surface area contributed by atoms with Gasteiger partial charge in [0.15, 0.2) is 0 Å². The Balaban J connectivity index is 1.81. The minimum Gasteiger partial charge on any atom is -0.337 e. The topological polar surface area (TPSA) is 75.2 Å². The zero-order valence-electron chi connectivity index (χ0n) is 13.5. The third-order valence-corrected chi connectivity index (χ3v) is 5.05. The first-order chi connectivity index (χ1) is 10.5. The van der Waals surface area contributed by atoms with Crippen LogP contribution >= 0.6 is 11.3 Å². The first-order valence-electron chi connectivity index (χ1n) is 7.94. The molecule has 2 rings (SSSR count). The SMILES string of the molecule is CCc1nnc(NC(=O)CCC(=O)N2[C@@H](C)CCC[C@@H]2C)s1. The lowest BCUT2D eigenvalue weighted by molar-refractivity contribution is -0.138. The van der Waals surface area contributed by atoms with Crippen LogP contribution in [0.4, 0.5) is 5.13 Å². The molecular weight excluding hydrogens is 300 g/mol. The Morgan fingerprint density at radius 3 is 2.50 bits per heavy atom. The van der Waals surface area contributed by atoms with E-state index in [0.717, 1.165) is 24.3 Å². The Bertz CT molecular complexity index is 521. The van der Waals surface area contributed by atoms with Gasteiger partial charge in [0.25, 0.3) is 0 Å². The maximum atomic E-state index is 12.3. The third kappa shape index (κ3) is 4.25. The van der Waals surface area contributed by atoms with E-state index >= 15 is 0 Å². The van der Waals surface area contributed by atoms with Gasteiger partial charge in [-0.2, -0.15) is 0 Å². The first kappa shape index (κ1) is 16.9. The fourth-order valence-corrected chi connectivity index (χ4v) is 3.59. The lowest BCUT2D eigenvalue weighted by atomic mass is 9.97. The van der Waals surface area contributed by atoms with Crippen molar-refractivity contribution in [1.29, 1.82) is 0 Å². The zero-order valence-corrected chi connectivity index (χ0v) is 14.3. The van der Waals surface area contributed by atoms with Crippen molar-refractivity contribution >= 4 is 28.3 Å². The van der Waals surface area contributed by atoms with E-state index < -0.39 is 0 Å². The number of rotatable bonds is 5. The van der Waals surface area contributed by atoms with Crippen LogP contribution in [-0.2, 0) is 16.0 Å². The summed E-state index contributed by atoms with van der Waals surface area (Å²) in [6.45, 7) is 6.16. The minimum absolute atomic E-state index is 0.0707. The maximum Gasteiger partial charge on any atom is 0.226 e. The molecule has 0 radical (unpaired) electrons. The molecule has 0 unspecified atom stereocenters. The van der Waals surface area contributed by atoms with E-state index in [1.807, 2.05) is 11.8 Å². The van der Waals surface area contributed by atoms with Crippen LogP contribution in [0.5, 0.6) is 0 Å². The molecular formula is C15H24N4O2S. The Kier molecular flexibility index (Phi) is 5.88. The van der Waals surface area contributed by atoms with Gasteiger partial charge in [-0.1, -0.05) is 18.3 Å². The minimum atomic E-state index is -0.176. The number of aryl methyl sites for hydroxylation is 1. The molecule has 1 N–H and O–H groups in total. The van der Waals surface area contributed by atoms with E-state index in [4.69, 9.17) is 0 Å². The molecule has 0 bridgehead atoms. The van der Waals surface area contributed by atoms with E-state index in [1.165, 1.54) is 17.8 Å². The predicted molar refractivity (Wildman–Crippen MR) is 86.8 cm³/mol. The van der Waals surface area contributed by atoms with Crippen LogP contribution in [0.2, 0.25) is 0 Å². The van der Waals surface area contributed by atoms with Gasteiger partial charge in [-0.3, -0.25) is 9.59 Å². The molecule has 6 nitrogen and oxygen atoms in total. The fourth-order valence-electron chi connectivity index (χ4n) is 2.89. The highest BCUT2D eigenvalue weighted by Crippen LogP contribution is 2.23. The molecule has 122 valence electrons. The standard InChI is InChI=1S/C15H24N4O2S/c1-4-13-17-18-15(22-13)16-12(20)8-9-14(21)19-10(2)6-5-7-11(19)3/h10-11H,4-9H2,1-3H3,(H,16,18,20)/t10-,11-/m0/s1. The highest BCUT2D eigenvalue weighted by molar-refractivity contribution is 7.15. The second-order valence-corrected chi connectivity index (χ2v) is 6.89. The van der Waals surface area contributed by atoms with E-state index in [0.29, 0.717) is 5.13 Å². The van der Waals surface area contributed by atoms with Crippen molar-refractivity contribution in [1.82, 2.24) is 15.1 Å².